The number of esters is 2. The number of ether oxygens (including phenoxy) is 2. The second-order valence-corrected chi connectivity index (χ2v) is 21.3. The van der Waals surface area contributed by atoms with Gasteiger partial charge in [0, 0.05) is 12.8 Å². The molecular weight excluding hydrogens is 906 g/mol. The molecule has 71 heavy (non-hydrogen) atoms. The highest BCUT2D eigenvalue weighted by Crippen LogP contribution is 2.38. The van der Waals surface area contributed by atoms with Crippen molar-refractivity contribution in [3.05, 3.63) is 97.2 Å². The van der Waals surface area contributed by atoms with Crippen molar-refractivity contribution in [3.8, 4) is 0 Å². The number of carbonyl (C=O) groups excluding carboxylic acids is 2. The van der Waals surface area contributed by atoms with Crippen molar-refractivity contribution in [2.24, 2.45) is 0 Å². The number of unbranched alkanes of at least 4 members (excludes halogenated alkanes) is 21. The topological polar surface area (TPSA) is 111 Å². The van der Waals surface area contributed by atoms with E-state index in [1.54, 1.807) is 0 Å². The van der Waals surface area contributed by atoms with Gasteiger partial charge in [-0.05, 0) is 77.0 Å². The number of rotatable bonds is 51. The number of quaternary nitrogens is 1. The van der Waals surface area contributed by atoms with E-state index in [9.17, 15) is 19.0 Å². The number of hydrogen-bond donors (Lipinski definition) is 0. The van der Waals surface area contributed by atoms with Crippen LogP contribution in [0.2, 0.25) is 0 Å². The second-order valence-electron chi connectivity index (χ2n) is 19.9. The minimum atomic E-state index is -4.62. The molecule has 0 aromatic heterocycles. The Morgan fingerprint density at radius 3 is 1.20 bits per heavy atom. The van der Waals surface area contributed by atoms with Gasteiger partial charge in [-0.25, -0.2) is 0 Å². The monoisotopic (exact) mass is 1010 g/mol. The SMILES string of the molecule is CC/C=C\C/C=C\C/C=C\C/C=C\C/C=C\C/C=C\C/C=C\C/C=C\CCCCCCCCCCCCCCCCCCC(=O)OC(COC(=O)CCCCCCCC)COP(=O)([O-])OCC[N+](C)(C)C. The first-order valence-corrected chi connectivity index (χ1v) is 29.9. The van der Waals surface area contributed by atoms with Crippen LogP contribution in [0.1, 0.15) is 226 Å². The van der Waals surface area contributed by atoms with Crippen molar-refractivity contribution in [2.75, 3.05) is 47.5 Å². The van der Waals surface area contributed by atoms with Gasteiger partial charge in [-0.2, -0.15) is 0 Å². The van der Waals surface area contributed by atoms with Gasteiger partial charge in [0.15, 0.2) is 6.10 Å². The van der Waals surface area contributed by atoms with Crippen LogP contribution in [0.5, 0.6) is 0 Å². The number of phosphoric ester groups is 1. The Morgan fingerprint density at radius 2 is 0.803 bits per heavy atom. The third-order valence-electron chi connectivity index (χ3n) is 11.9. The number of nitrogens with zero attached hydrogens (tertiary/aromatic N) is 1. The average molecular weight is 1010 g/mol. The summed E-state index contributed by atoms with van der Waals surface area (Å²) in [4.78, 5) is 37.4. The van der Waals surface area contributed by atoms with E-state index in [0.29, 0.717) is 17.4 Å². The fourth-order valence-electron chi connectivity index (χ4n) is 7.49. The molecule has 0 heterocycles. The van der Waals surface area contributed by atoms with Gasteiger partial charge in [0.25, 0.3) is 7.82 Å². The molecule has 408 valence electrons. The standard InChI is InChI=1S/C61H106NO8P/c1-6-8-10-12-14-15-16-17-18-19-20-21-22-23-24-25-26-27-28-29-30-31-32-33-34-35-36-37-38-39-40-41-42-43-44-45-46-47-48-50-52-54-61(64)70-59(57-67-60(63)53-51-49-13-11-9-7-2)58-69-71(65,66)68-56-55-62(3,4)5/h8,10,14-15,17-18,20-21,23-24,26-27,29-30,32-33,59H,6-7,9,11-13,16,19,22,25,28,31,34-58H2,1-5H3/b10-8-,15-14-,18-17-,21-20-,24-23-,27-26-,30-29-,33-32-. The van der Waals surface area contributed by atoms with Crippen molar-refractivity contribution in [1.29, 1.82) is 0 Å². The number of allylic oxidation sites excluding steroid dienone is 16. The van der Waals surface area contributed by atoms with Crippen LogP contribution in [0.4, 0.5) is 0 Å². The lowest BCUT2D eigenvalue weighted by atomic mass is 10.0. The highest BCUT2D eigenvalue weighted by Gasteiger charge is 2.21. The van der Waals surface area contributed by atoms with Crippen LogP contribution in [0.15, 0.2) is 97.2 Å². The van der Waals surface area contributed by atoms with E-state index in [-0.39, 0.29) is 26.1 Å². The molecule has 0 saturated heterocycles. The van der Waals surface area contributed by atoms with Gasteiger partial charge >= 0.3 is 11.9 Å². The highest BCUT2D eigenvalue weighted by molar-refractivity contribution is 7.45. The van der Waals surface area contributed by atoms with Gasteiger partial charge in [0.05, 0.1) is 27.7 Å². The predicted octanol–water partition coefficient (Wildman–Crippen LogP) is 17.0. The maximum atomic E-state index is 12.7. The molecule has 0 aliphatic heterocycles. The third-order valence-corrected chi connectivity index (χ3v) is 12.8. The Morgan fingerprint density at radius 1 is 0.451 bits per heavy atom. The van der Waals surface area contributed by atoms with Gasteiger partial charge in [0.2, 0.25) is 0 Å². The minimum Gasteiger partial charge on any atom is -0.756 e. The molecule has 2 unspecified atom stereocenters. The summed E-state index contributed by atoms with van der Waals surface area (Å²) in [6.45, 7) is 4.04. The first kappa shape index (κ1) is 67.9. The van der Waals surface area contributed by atoms with Crippen LogP contribution in [0.25, 0.3) is 0 Å². The molecule has 0 aromatic carbocycles. The van der Waals surface area contributed by atoms with Crippen LogP contribution in [0.3, 0.4) is 0 Å². The molecule has 0 aliphatic carbocycles. The maximum Gasteiger partial charge on any atom is 0.306 e. The number of hydrogen-bond acceptors (Lipinski definition) is 8. The van der Waals surface area contributed by atoms with E-state index < -0.39 is 32.5 Å². The quantitative estimate of drug-likeness (QED) is 0.0195. The van der Waals surface area contributed by atoms with Crippen molar-refractivity contribution in [1.82, 2.24) is 0 Å². The van der Waals surface area contributed by atoms with E-state index >= 15 is 0 Å². The van der Waals surface area contributed by atoms with E-state index in [1.165, 1.54) is 89.9 Å². The summed E-state index contributed by atoms with van der Waals surface area (Å²) >= 11 is 0. The summed E-state index contributed by atoms with van der Waals surface area (Å²) in [6, 6.07) is 0. The van der Waals surface area contributed by atoms with Crippen LogP contribution >= 0.6 is 7.82 Å². The van der Waals surface area contributed by atoms with Gasteiger partial charge in [0.1, 0.15) is 19.8 Å². The zero-order chi connectivity index (χ0) is 52.0. The van der Waals surface area contributed by atoms with Crippen LogP contribution in [-0.4, -0.2) is 70.0 Å². The fourth-order valence-corrected chi connectivity index (χ4v) is 8.22. The molecule has 0 fully saturated rings. The molecular formula is C61H106NO8P. The average Bonchev–Trinajstić information content (AvgIpc) is 3.33. The lowest BCUT2D eigenvalue weighted by molar-refractivity contribution is -0.870. The van der Waals surface area contributed by atoms with Gasteiger partial charge in [-0.15, -0.1) is 0 Å². The van der Waals surface area contributed by atoms with Gasteiger partial charge in [-0.3, -0.25) is 14.2 Å². The molecule has 0 aliphatic rings. The van der Waals surface area contributed by atoms with Crippen LogP contribution < -0.4 is 4.89 Å². The van der Waals surface area contributed by atoms with Crippen LogP contribution in [0, 0.1) is 0 Å². The number of likely N-dealkylation sites (N-methyl/N-ethyl adjacent to an activating group) is 1. The number of phosphoric acid groups is 1. The Hall–Kier alpha value is -3.07. The first-order chi connectivity index (χ1) is 34.5. The van der Waals surface area contributed by atoms with Crippen molar-refractivity contribution in [2.45, 2.75) is 232 Å². The van der Waals surface area contributed by atoms with E-state index in [0.717, 1.165) is 103 Å². The molecule has 0 spiro atoms. The molecule has 0 rings (SSSR count). The third kappa shape index (κ3) is 56.1. The van der Waals surface area contributed by atoms with Crippen molar-refractivity contribution >= 4 is 19.8 Å². The molecule has 0 saturated carbocycles. The smallest absolute Gasteiger partial charge is 0.306 e. The lowest BCUT2D eigenvalue weighted by Crippen LogP contribution is -2.37. The summed E-state index contributed by atoms with van der Waals surface area (Å²) in [6.07, 6.45) is 70.9. The van der Waals surface area contributed by atoms with Gasteiger partial charge < -0.3 is 27.9 Å². The summed E-state index contributed by atoms with van der Waals surface area (Å²) in [5.41, 5.74) is 0. The molecule has 0 N–H and O–H groups in total. The van der Waals surface area contributed by atoms with E-state index in [4.69, 9.17) is 18.5 Å². The molecule has 0 aromatic rings. The molecule has 10 heteroatoms. The zero-order valence-electron chi connectivity index (χ0n) is 46.1. The summed E-state index contributed by atoms with van der Waals surface area (Å²) in [5.74, 6) is -0.843. The van der Waals surface area contributed by atoms with E-state index in [2.05, 4.69) is 111 Å². The molecule has 0 radical (unpaired) electrons. The first-order valence-electron chi connectivity index (χ1n) is 28.4. The van der Waals surface area contributed by atoms with E-state index in [1.807, 2.05) is 21.1 Å². The maximum absolute atomic E-state index is 12.7. The Labute approximate surface area is 436 Å². The normalized spacial score (nSPS) is 14.1. The second kappa shape index (κ2) is 51.8. The summed E-state index contributed by atoms with van der Waals surface area (Å²) in [5, 5.41) is 0. The fraction of sp³-hybridized carbons (Fsp3) is 0.705. The lowest BCUT2D eigenvalue weighted by Gasteiger charge is -2.28. The molecule has 2 atom stereocenters. The number of carbonyl (C=O) groups is 2. The van der Waals surface area contributed by atoms with Crippen molar-refractivity contribution < 1.29 is 42.1 Å². The largest absolute Gasteiger partial charge is 0.756 e. The summed E-state index contributed by atoms with van der Waals surface area (Å²) in [7, 11) is 1.16. The Bertz CT molecular complexity index is 1520. The Kier molecular flexibility index (Phi) is 49.6. The Balaban J connectivity index is 3.86. The van der Waals surface area contributed by atoms with Crippen molar-refractivity contribution in [3.63, 3.8) is 0 Å². The van der Waals surface area contributed by atoms with Gasteiger partial charge in [-0.1, -0.05) is 233 Å². The zero-order valence-corrected chi connectivity index (χ0v) is 47.0. The minimum absolute atomic E-state index is 0.0322. The molecule has 0 amide bonds. The highest BCUT2D eigenvalue weighted by atomic mass is 31.2. The van der Waals surface area contributed by atoms with Crippen LogP contribution in [-0.2, 0) is 32.7 Å². The molecule has 0 bridgehead atoms. The summed E-state index contributed by atoms with van der Waals surface area (Å²) < 4.78 is 33.8. The predicted molar refractivity (Wildman–Crippen MR) is 300 cm³/mol. The molecule has 9 nitrogen and oxygen atoms in total.